The molecular weight excluding hydrogens is 274 g/mol. The molecule has 1 nitrogen and oxygen atoms in total. The third-order valence-electron chi connectivity index (χ3n) is 5.11. The van der Waals surface area contributed by atoms with Crippen molar-refractivity contribution < 1.29 is 0 Å². The van der Waals surface area contributed by atoms with E-state index in [-0.39, 0.29) is 0 Å². The lowest BCUT2D eigenvalue weighted by atomic mass is 9.87. The molecule has 0 aromatic heterocycles. The fraction of sp³-hybridized carbons (Fsp3) is 0.684. The Kier molecular flexibility index (Phi) is 5.65. The molecule has 1 N–H and O–H groups in total. The van der Waals surface area contributed by atoms with E-state index in [9.17, 15) is 0 Å². The van der Waals surface area contributed by atoms with E-state index in [2.05, 4.69) is 48.3 Å². The van der Waals surface area contributed by atoms with Gasteiger partial charge >= 0.3 is 0 Å². The third kappa shape index (κ3) is 3.84. The van der Waals surface area contributed by atoms with Gasteiger partial charge in [-0.1, -0.05) is 50.8 Å². The Balaban J connectivity index is 1.70. The summed E-state index contributed by atoms with van der Waals surface area (Å²) in [7, 11) is 0. The first-order chi connectivity index (χ1) is 10.4. The average molecular weight is 304 g/mol. The Morgan fingerprint density at radius 3 is 2.62 bits per heavy atom. The van der Waals surface area contributed by atoms with Gasteiger partial charge in [0.15, 0.2) is 0 Å². The molecule has 2 atom stereocenters. The van der Waals surface area contributed by atoms with Crippen LogP contribution in [0.15, 0.2) is 29.2 Å². The van der Waals surface area contributed by atoms with Crippen molar-refractivity contribution in [3.8, 4) is 0 Å². The van der Waals surface area contributed by atoms with E-state index in [0.717, 1.165) is 11.2 Å². The second-order valence-electron chi connectivity index (χ2n) is 6.70. The zero-order valence-electron chi connectivity index (χ0n) is 13.3. The summed E-state index contributed by atoms with van der Waals surface area (Å²) in [5.74, 6) is 0.894. The predicted molar refractivity (Wildman–Crippen MR) is 93.1 cm³/mol. The number of fused-ring (bicyclic) bond motifs is 1. The van der Waals surface area contributed by atoms with Crippen LogP contribution in [0.3, 0.4) is 0 Å². The maximum absolute atomic E-state index is 3.92. The molecule has 1 aliphatic carbocycles. The molecule has 0 radical (unpaired) electrons. The number of thioether (sulfide) groups is 1. The number of nitrogens with one attached hydrogen (secondary N) is 1. The number of hydrogen-bond acceptors (Lipinski definition) is 2. The maximum atomic E-state index is 3.92. The van der Waals surface area contributed by atoms with Gasteiger partial charge in [0.05, 0.1) is 0 Å². The number of rotatable bonds is 5. The predicted octanol–water partition coefficient (Wildman–Crippen LogP) is 5.04. The van der Waals surface area contributed by atoms with Crippen molar-refractivity contribution in [2.75, 3.05) is 6.54 Å². The van der Waals surface area contributed by atoms with Gasteiger partial charge in [-0.2, -0.15) is 0 Å². The monoisotopic (exact) mass is 303 g/mol. The Hall–Kier alpha value is -0.470. The Bertz CT molecular complexity index is 412. The molecule has 0 saturated heterocycles. The van der Waals surface area contributed by atoms with Gasteiger partial charge in [0.2, 0.25) is 0 Å². The molecule has 0 amide bonds. The van der Waals surface area contributed by atoms with E-state index >= 15 is 0 Å². The summed E-state index contributed by atoms with van der Waals surface area (Å²) in [5, 5.41) is 4.67. The van der Waals surface area contributed by atoms with Crippen molar-refractivity contribution in [3.63, 3.8) is 0 Å². The minimum absolute atomic E-state index is 0.709. The molecule has 21 heavy (non-hydrogen) atoms. The molecule has 1 aromatic carbocycles. The van der Waals surface area contributed by atoms with Crippen LogP contribution >= 0.6 is 11.8 Å². The lowest BCUT2D eigenvalue weighted by Crippen LogP contribution is -2.44. The smallest absolute Gasteiger partial charge is 0.0291 e. The fourth-order valence-electron chi connectivity index (χ4n) is 3.99. The van der Waals surface area contributed by atoms with Crippen molar-refractivity contribution in [3.05, 3.63) is 29.8 Å². The highest BCUT2D eigenvalue weighted by atomic mass is 32.2. The molecule has 1 aliphatic heterocycles. The summed E-state index contributed by atoms with van der Waals surface area (Å²) in [4.78, 5) is 1.53. The van der Waals surface area contributed by atoms with E-state index in [1.54, 1.807) is 5.56 Å². The van der Waals surface area contributed by atoms with Gasteiger partial charge in [0.1, 0.15) is 0 Å². The quantitative estimate of drug-likeness (QED) is 0.765. The molecule has 116 valence electrons. The molecule has 0 bridgehead atoms. The van der Waals surface area contributed by atoms with Gasteiger partial charge in [-0.05, 0) is 49.8 Å². The van der Waals surface area contributed by atoms with Gasteiger partial charge in [0.25, 0.3) is 0 Å². The number of benzene rings is 1. The summed E-state index contributed by atoms with van der Waals surface area (Å²) < 4.78 is 0. The van der Waals surface area contributed by atoms with Crippen LogP contribution in [0.2, 0.25) is 0 Å². The van der Waals surface area contributed by atoms with Crippen LogP contribution in [0.25, 0.3) is 0 Å². The van der Waals surface area contributed by atoms with E-state index in [1.165, 1.54) is 62.8 Å². The van der Waals surface area contributed by atoms with E-state index in [1.807, 2.05) is 0 Å². The Morgan fingerprint density at radius 1 is 1.14 bits per heavy atom. The molecular formula is C19H29NS. The third-order valence-corrected chi connectivity index (χ3v) is 6.53. The fourth-order valence-corrected chi connectivity index (χ4v) is 5.51. The molecule has 1 fully saturated rings. The zero-order valence-corrected chi connectivity index (χ0v) is 14.1. The van der Waals surface area contributed by atoms with Gasteiger partial charge in [0, 0.05) is 16.2 Å². The van der Waals surface area contributed by atoms with Gasteiger partial charge in [-0.15, -0.1) is 11.8 Å². The lowest BCUT2D eigenvalue weighted by molar-refractivity contribution is 0.312. The summed E-state index contributed by atoms with van der Waals surface area (Å²) in [6, 6.07) is 9.73. The Morgan fingerprint density at radius 2 is 1.90 bits per heavy atom. The second kappa shape index (κ2) is 7.69. The molecule has 0 spiro atoms. The highest BCUT2D eigenvalue weighted by Crippen LogP contribution is 2.41. The SMILES string of the molecule is CCCNC(C1CCCCCC1)C1Cc2ccccc2S1. The molecule has 3 rings (SSSR count). The van der Waals surface area contributed by atoms with Crippen LogP contribution in [-0.4, -0.2) is 17.8 Å². The number of hydrogen-bond donors (Lipinski definition) is 1. The summed E-state index contributed by atoms with van der Waals surface area (Å²) in [6.45, 7) is 3.46. The van der Waals surface area contributed by atoms with Crippen LogP contribution in [0.4, 0.5) is 0 Å². The van der Waals surface area contributed by atoms with Gasteiger partial charge in [-0.25, -0.2) is 0 Å². The minimum Gasteiger partial charge on any atom is -0.313 e. The van der Waals surface area contributed by atoms with Crippen molar-refractivity contribution in [1.82, 2.24) is 5.32 Å². The van der Waals surface area contributed by atoms with Crippen LogP contribution in [0, 0.1) is 5.92 Å². The lowest BCUT2D eigenvalue weighted by Gasteiger charge is -2.32. The molecule has 2 aliphatic rings. The maximum Gasteiger partial charge on any atom is 0.0291 e. The van der Waals surface area contributed by atoms with Crippen LogP contribution in [0.5, 0.6) is 0 Å². The first-order valence-electron chi connectivity index (χ1n) is 8.86. The van der Waals surface area contributed by atoms with Crippen molar-refractivity contribution in [1.29, 1.82) is 0 Å². The molecule has 1 aromatic rings. The first-order valence-corrected chi connectivity index (χ1v) is 9.74. The summed E-state index contributed by atoms with van der Waals surface area (Å²) in [6.07, 6.45) is 11.2. The zero-order chi connectivity index (χ0) is 14.5. The molecule has 1 heterocycles. The average Bonchev–Trinajstić information content (AvgIpc) is 2.75. The summed E-state index contributed by atoms with van der Waals surface area (Å²) >= 11 is 2.13. The van der Waals surface area contributed by atoms with Gasteiger partial charge < -0.3 is 5.32 Å². The highest BCUT2D eigenvalue weighted by Gasteiger charge is 2.34. The standard InChI is InChI=1S/C19H29NS/c1-2-13-20-19(15-9-5-3-4-6-10-15)18-14-16-11-7-8-12-17(16)21-18/h7-8,11-12,15,18-20H,2-6,9-10,13-14H2,1H3. The van der Waals surface area contributed by atoms with Crippen LogP contribution < -0.4 is 5.32 Å². The van der Waals surface area contributed by atoms with E-state index in [0.29, 0.717) is 6.04 Å². The first kappa shape index (κ1) is 15.4. The van der Waals surface area contributed by atoms with E-state index in [4.69, 9.17) is 0 Å². The van der Waals surface area contributed by atoms with Crippen LogP contribution in [-0.2, 0) is 6.42 Å². The van der Waals surface area contributed by atoms with E-state index < -0.39 is 0 Å². The van der Waals surface area contributed by atoms with Crippen molar-refractivity contribution >= 4 is 11.8 Å². The van der Waals surface area contributed by atoms with Crippen molar-refractivity contribution in [2.24, 2.45) is 5.92 Å². The highest BCUT2D eigenvalue weighted by molar-refractivity contribution is 8.00. The summed E-state index contributed by atoms with van der Waals surface area (Å²) in [5.41, 5.74) is 1.57. The Labute approximate surface area is 134 Å². The minimum atomic E-state index is 0.709. The molecule has 1 saturated carbocycles. The molecule has 2 heteroatoms. The van der Waals surface area contributed by atoms with Gasteiger partial charge in [-0.3, -0.25) is 0 Å². The largest absolute Gasteiger partial charge is 0.313 e. The second-order valence-corrected chi connectivity index (χ2v) is 7.98. The topological polar surface area (TPSA) is 12.0 Å². The molecule has 2 unspecified atom stereocenters. The van der Waals surface area contributed by atoms with Crippen molar-refractivity contribution in [2.45, 2.75) is 74.5 Å². The van der Waals surface area contributed by atoms with Crippen LogP contribution in [0.1, 0.15) is 57.4 Å². The normalized spacial score (nSPS) is 24.5.